The molecule has 0 aliphatic heterocycles. The number of benzene rings is 1. The summed E-state index contributed by atoms with van der Waals surface area (Å²) >= 11 is 4.90. The third-order valence-corrected chi connectivity index (χ3v) is 3.99. The van der Waals surface area contributed by atoms with Gasteiger partial charge in [0.15, 0.2) is 0 Å². The average Bonchev–Trinajstić information content (AvgIpc) is 2.50. The van der Waals surface area contributed by atoms with Crippen LogP contribution in [0.3, 0.4) is 0 Å². The summed E-state index contributed by atoms with van der Waals surface area (Å²) in [6.45, 7) is 5.76. The summed E-state index contributed by atoms with van der Waals surface area (Å²) in [6, 6.07) is 10.4. The van der Waals surface area contributed by atoms with Gasteiger partial charge >= 0.3 is 0 Å². The van der Waals surface area contributed by atoms with Crippen molar-refractivity contribution in [2.45, 2.75) is 27.3 Å². The van der Waals surface area contributed by atoms with E-state index in [9.17, 15) is 9.59 Å². The highest BCUT2D eigenvalue weighted by Crippen LogP contribution is 2.21. The molecular formula is C18H21N3O2S. The Morgan fingerprint density at radius 2 is 1.88 bits per heavy atom. The van der Waals surface area contributed by atoms with Gasteiger partial charge in [-0.3, -0.25) is 9.59 Å². The van der Waals surface area contributed by atoms with E-state index in [2.05, 4.69) is 5.32 Å². The number of amides is 1. The third-order valence-electron chi connectivity index (χ3n) is 3.76. The number of nitrogens with zero attached hydrogens (tertiary/aromatic N) is 1. The average molecular weight is 343 g/mol. The fraction of sp³-hybridized carbons (Fsp3) is 0.278. The number of thiocarbonyl (C=S) groups is 1. The quantitative estimate of drug-likeness (QED) is 0.818. The van der Waals surface area contributed by atoms with Gasteiger partial charge in [0.1, 0.15) is 4.99 Å². The fourth-order valence-electron chi connectivity index (χ4n) is 2.25. The van der Waals surface area contributed by atoms with Crippen molar-refractivity contribution in [3.63, 3.8) is 0 Å². The molecule has 0 bridgehead atoms. The summed E-state index contributed by atoms with van der Waals surface area (Å²) in [5.74, 6) is -0.168. The van der Waals surface area contributed by atoms with Crippen LogP contribution in [0.4, 0.5) is 5.69 Å². The number of hydrogen-bond acceptors (Lipinski definition) is 3. The molecule has 126 valence electrons. The summed E-state index contributed by atoms with van der Waals surface area (Å²) in [5, 5.41) is 2.86. The van der Waals surface area contributed by atoms with E-state index < -0.39 is 5.41 Å². The van der Waals surface area contributed by atoms with E-state index >= 15 is 0 Å². The van der Waals surface area contributed by atoms with E-state index in [0.717, 1.165) is 11.1 Å². The normalized spacial score (nSPS) is 11.1. The van der Waals surface area contributed by atoms with Crippen LogP contribution in [0.2, 0.25) is 0 Å². The van der Waals surface area contributed by atoms with Gasteiger partial charge in [-0.15, -0.1) is 0 Å². The number of carbonyl (C=O) groups excluding carboxylic acids is 1. The molecule has 0 spiro atoms. The maximum atomic E-state index is 12.6. The first-order valence-electron chi connectivity index (χ1n) is 7.57. The number of nitrogens with one attached hydrogen (secondary N) is 1. The first-order valence-corrected chi connectivity index (χ1v) is 7.98. The third kappa shape index (κ3) is 4.29. The second-order valence-corrected chi connectivity index (χ2v) is 6.89. The zero-order valence-electron chi connectivity index (χ0n) is 14.0. The highest BCUT2D eigenvalue weighted by atomic mass is 32.1. The summed E-state index contributed by atoms with van der Waals surface area (Å²) < 4.78 is 1.54. The van der Waals surface area contributed by atoms with Crippen LogP contribution in [-0.2, 0) is 11.3 Å². The van der Waals surface area contributed by atoms with Crippen LogP contribution in [0.1, 0.15) is 25.0 Å². The molecule has 0 unspecified atom stereocenters. The number of aryl methyl sites for hydroxylation is 1. The zero-order chi connectivity index (χ0) is 17.9. The molecule has 6 heteroatoms. The van der Waals surface area contributed by atoms with Crippen molar-refractivity contribution in [2.24, 2.45) is 11.1 Å². The molecular weight excluding hydrogens is 322 g/mol. The molecule has 1 aromatic carbocycles. The molecule has 0 radical (unpaired) electrons. The Hall–Kier alpha value is -2.47. The van der Waals surface area contributed by atoms with Gasteiger partial charge in [0, 0.05) is 30.1 Å². The number of anilines is 1. The van der Waals surface area contributed by atoms with Crippen molar-refractivity contribution in [2.75, 3.05) is 5.32 Å². The first kappa shape index (κ1) is 17.9. The smallest absolute Gasteiger partial charge is 0.250 e. The number of carbonyl (C=O) groups is 1. The van der Waals surface area contributed by atoms with Gasteiger partial charge in [-0.25, -0.2) is 0 Å². The van der Waals surface area contributed by atoms with Crippen molar-refractivity contribution in [3.8, 4) is 0 Å². The van der Waals surface area contributed by atoms with Crippen LogP contribution in [0.5, 0.6) is 0 Å². The Kier molecular flexibility index (Phi) is 5.19. The second kappa shape index (κ2) is 6.97. The van der Waals surface area contributed by atoms with Gasteiger partial charge < -0.3 is 15.6 Å². The van der Waals surface area contributed by atoms with Gasteiger partial charge in [-0.05, 0) is 56.7 Å². The fourth-order valence-corrected chi connectivity index (χ4v) is 2.39. The molecule has 0 fully saturated rings. The molecule has 2 rings (SSSR count). The molecule has 2 aromatic rings. The Morgan fingerprint density at radius 3 is 2.42 bits per heavy atom. The van der Waals surface area contributed by atoms with E-state index in [1.165, 1.54) is 0 Å². The highest BCUT2D eigenvalue weighted by Gasteiger charge is 2.28. The van der Waals surface area contributed by atoms with E-state index in [-0.39, 0.29) is 11.5 Å². The molecule has 3 N–H and O–H groups in total. The van der Waals surface area contributed by atoms with Crippen LogP contribution in [0.15, 0.2) is 47.4 Å². The molecule has 24 heavy (non-hydrogen) atoms. The zero-order valence-corrected chi connectivity index (χ0v) is 14.8. The van der Waals surface area contributed by atoms with Crippen molar-refractivity contribution in [1.29, 1.82) is 0 Å². The number of aromatic nitrogens is 1. The molecule has 0 saturated heterocycles. The van der Waals surface area contributed by atoms with Gasteiger partial charge in [-0.1, -0.05) is 12.2 Å². The first-order chi connectivity index (χ1) is 11.2. The Morgan fingerprint density at radius 1 is 1.25 bits per heavy atom. The predicted octanol–water partition coefficient (Wildman–Crippen LogP) is 2.46. The number of rotatable bonds is 5. The minimum atomic E-state index is -0.749. The maximum Gasteiger partial charge on any atom is 0.250 e. The molecule has 1 amide bonds. The van der Waals surface area contributed by atoms with Crippen LogP contribution in [0, 0.1) is 12.3 Å². The van der Waals surface area contributed by atoms with E-state index in [1.54, 1.807) is 54.9 Å². The van der Waals surface area contributed by atoms with Crippen molar-refractivity contribution in [1.82, 2.24) is 4.57 Å². The van der Waals surface area contributed by atoms with Crippen molar-refractivity contribution >= 4 is 28.8 Å². The van der Waals surface area contributed by atoms with E-state index in [4.69, 9.17) is 18.0 Å². The Balaban J connectivity index is 2.12. The van der Waals surface area contributed by atoms with Crippen LogP contribution < -0.4 is 16.6 Å². The Bertz CT molecular complexity index is 823. The minimum absolute atomic E-state index is 0.114. The van der Waals surface area contributed by atoms with Gasteiger partial charge in [-0.2, -0.15) is 0 Å². The molecule has 0 aliphatic rings. The highest BCUT2D eigenvalue weighted by molar-refractivity contribution is 7.80. The topological polar surface area (TPSA) is 77.1 Å². The van der Waals surface area contributed by atoms with Gasteiger partial charge in [0.2, 0.25) is 5.91 Å². The molecule has 1 aromatic heterocycles. The molecule has 0 atom stereocenters. The van der Waals surface area contributed by atoms with Crippen LogP contribution in [0.25, 0.3) is 0 Å². The molecule has 0 aliphatic carbocycles. The van der Waals surface area contributed by atoms with E-state index in [0.29, 0.717) is 17.2 Å². The Labute approximate surface area is 146 Å². The SMILES string of the molecule is Cc1ccn(CC(C)(C)C(=O)Nc2ccc(C(N)=S)cc2)c(=O)c1. The van der Waals surface area contributed by atoms with Crippen molar-refractivity contribution < 1.29 is 4.79 Å². The lowest BCUT2D eigenvalue weighted by molar-refractivity contribution is -0.124. The summed E-state index contributed by atoms with van der Waals surface area (Å²) in [5.41, 5.74) is 6.99. The summed E-state index contributed by atoms with van der Waals surface area (Å²) in [4.78, 5) is 24.9. The van der Waals surface area contributed by atoms with Crippen molar-refractivity contribution in [3.05, 3.63) is 64.1 Å². The lowest BCUT2D eigenvalue weighted by Gasteiger charge is -2.24. The second-order valence-electron chi connectivity index (χ2n) is 6.45. The van der Waals surface area contributed by atoms with Gasteiger partial charge in [0.05, 0.1) is 5.41 Å². The number of nitrogens with two attached hydrogens (primary N) is 1. The monoisotopic (exact) mass is 343 g/mol. The molecule has 1 heterocycles. The van der Waals surface area contributed by atoms with Gasteiger partial charge in [0.25, 0.3) is 5.56 Å². The summed E-state index contributed by atoms with van der Waals surface area (Å²) in [6.07, 6.45) is 1.71. The minimum Gasteiger partial charge on any atom is -0.389 e. The number of pyridine rings is 1. The van der Waals surface area contributed by atoms with Crippen LogP contribution in [-0.4, -0.2) is 15.5 Å². The largest absolute Gasteiger partial charge is 0.389 e. The van der Waals surface area contributed by atoms with Crippen LogP contribution >= 0.6 is 12.2 Å². The lowest BCUT2D eigenvalue weighted by atomic mass is 9.92. The van der Waals surface area contributed by atoms with E-state index in [1.807, 2.05) is 13.0 Å². The predicted molar refractivity (Wildman–Crippen MR) is 100 cm³/mol. The molecule has 0 saturated carbocycles. The number of hydrogen-bond donors (Lipinski definition) is 2. The maximum absolute atomic E-state index is 12.6. The summed E-state index contributed by atoms with van der Waals surface area (Å²) in [7, 11) is 0. The standard InChI is InChI=1S/C18H21N3O2S/c1-12-8-9-21(15(22)10-12)11-18(2,3)17(23)20-14-6-4-13(5-7-14)16(19)24/h4-10H,11H2,1-3H3,(H2,19,24)(H,20,23). The lowest BCUT2D eigenvalue weighted by Crippen LogP contribution is -2.37. The molecule has 5 nitrogen and oxygen atoms in total.